The van der Waals surface area contributed by atoms with E-state index < -0.39 is 0 Å². The molecule has 0 bridgehead atoms. The van der Waals surface area contributed by atoms with Gasteiger partial charge >= 0.3 is 0 Å². The highest BCUT2D eigenvalue weighted by molar-refractivity contribution is 6.30. The second-order valence-electron chi connectivity index (χ2n) is 4.17. The van der Waals surface area contributed by atoms with E-state index in [1.54, 1.807) is 0 Å². The molecule has 0 radical (unpaired) electrons. The second kappa shape index (κ2) is 6.03. The first-order valence-electron chi connectivity index (χ1n) is 5.89. The van der Waals surface area contributed by atoms with Gasteiger partial charge < -0.3 is 10.1 Å². The highest BCUT2D eigenvalue weighted by atomic mass is 35.5. The first-order chi connectivity index (χ1) is 8.25. The molecule has 0 aromatic heterocycles. The van der Waals surface area contributed by atoms with E-state index in [1.165, 1.54) is 0 Å². The summed E-state index contributed by atoms with van der Waals surface area (Å²) in [6.45, 7) is 1.32. The number of nitrogens with one attached hydrogen (secondary N) is 1. The van der Waals surface area contributed by atoms with Crippen LogP contribution in [0.3, 0.4) is 0 Å². The molecule has 4 heteroatoms. The number of rotatable bonds is 4. The van der Waals surface area contributed by atoms with Crippen molar-refractivity contribution in [1.82, 2.24) is 5.32 Å². The summed E-state index contributed by atoms with van der Waals surface area (Å²) >= 11 is 5.88. The van der Waals surface area contributed by atoms with Crippen molar-refractivity contribution in [3.05, 3.63) is 34.9 Å². The molecule has 0 spiro atoms. The van der Waals surface area contributed by atoms with Crippen LogP contribution in [0.25, 0.3) is 0 Å². The molecule has 0 aliphatic carbocycles. The molecule has 1 saturated heterocycles. The Kier molecular flexibility index (Phi) is 4.40. The van der Waals surface area contributed by atoms with Crippen LogP contribution in [0.5, 0.6) is 0 Å². The van der Waals surface area contributed by atoms with Crippen molar-refractivity contribution >= 4 is 17.5 Å². The molecule has 2 rings (SSSR count). The van der Waals surface area contributed by atoms with Gasteiger partial charge in [-0.1, -0.05) is 23.7 Å². The summed E-state index contributed by atoms with van der Waals surface area (Å²) < 4.78 is 5.30. The minimum Gasteiger partial charge on any atom is -0.368 e. The third-order valence-corrected chi connectivity index (χ3v) is 3.06. The lowest BCUT2D eigenvalue weighted by molar-refractivity contribution is -0.129. The van der Waals surface area contributed by atoms with Crippen LogP contribution >= 0.6 is 11.6 Å². The summed E-state index contributed by atoms with van der Waals surface area (Å²) in [5.41, 5.74) is 1.13. The van der Waals surface area contributed by atoms with E-state index in [0.29, 0.717) is 13.2 Å². The Hall–Kier alpha value is -1.06. The topological polar surface area (TPSA) is 38.3 Å². The van der Waals surface area contributed by atoms with Gasteiger partial charge in [-0.2, -0.15) is 0 Å². The van der Waals surface area contributed by atoms with Crippen molar-refractivity contribution < 1.29 is 9.53 Å². The van der Waals surface area contributed by atoms with Crippen molar-refractivity contribution in [3.8, 4) is 0 Å². The first kappa shape index (κ1) is 12.4. The molecule has 1 atom stereocenters. The van der Waals surface area contributed by atoms with Gasteiger partial charge in [-0.25, -0.2) is 0 Å². The van der Waals surface area contributed by atoms with Gasteiger partial charge in [0, 0.05) is 18.2 Å². The summed E-state index contributed by atoms with van der Waals surface area (Å²) in [4.78, 5) is 11.6. The van der Waals surface area contributed by atoms with Crippen LogP contribution in [0.1, 0.15) is 18.4 Å². The van der Waals surface area contributed by atoms with Crippen molar-refractivity contribution in [2.75, 3.05) is 13.2 Å². The molecule has 92 valence electrons. The maximum atomic E-state index is 11.6. The van der Waals surface area contributed by atoms with Crippen molar-refractivity contribution in [3.63, 3.8) is 0 Å². The molecule has 1 aliphatic heterocycles. The van der Waals surface area contributed by atoms with Gasteiger partial charge in [0.2, 0.25) is 5.91 Å². The zero-order valence-corrected chi connectivity index (χ0v) is 10.4. The Morgan fingerprint density at radius 3 is 3.12 bits per heavy atom. The minimum absolute atomic E-state index is 0.00419. The third kappa shape index (κ3) is 3.72. The smallest absolute Gasteiger partial charge is 0.249 e. The average molecular weight is 254 g/mol. The molecule has 1 N–H and O–H groups in total. The minimum atomic E-state index is -0.241. The van der Waals surface area contributed by atoms with Gasteiger partial charge in [0.15, 0.2) is 0 Å². The fraction of sp³-hybridized carbons (Fsp3) is 0.462. The molecule has 1 aliphatic rings. The SMILES string of the molecule is O=C(NCCc1cccc(Cl)c1)[C@@H]1CCCO1. The summed E-state index contributed by atoms with van der Waals surface area (Å²) in [6.07, 6.45) is 2.36. The molecule has 0 unspecified atom stereocenters. The Bertz CT molecular complexity index is 389. The predicted octanol–water partition coefficient (Wildman–Crippen LogP) is 2.18. The van der Waals surface area contributed by atoms with Crippen LogP contribution in [0.2, 0.25) is 5.02 Å². The van der Waals surface area contributed by atoms with E-state index in [9.17, 15) is 4.79 Å². The molecular weight excluding hydrogens is 238 g/mol. The van der Waals surface area contributed by atoms with Gasteiger partial charge in [0.05, 0.1) is 0 Å². The maximum absolute atomic E-state index is 11.6. The quantitative estimate of drug-likeness (QED) is 0.893. The third-order valence-electron chi connectivity index (χ3n) is 2.82. The molecule has 3 nitrogen and oxygen atoms in total. The van der Waals surface area contributed by atoms with Crippen LogP contribution in [-0.2, 0) is 16.0 Å². The van der Waals surface area contributed by atoms with Crippen LogP contribution in [-0.4, -0.2) is 25.2 Å². The number of amides is 1. The molecule has 1 aromatic carbocycles. The van der Waals surface area contributed by atoms with Crippen LogP contribution in [0.4, 0.5) is 0 Å². The van der Waals surface area contributed by atoms with Crippen molar-refractivity contribution in [2.24, 2.45) is 0 Å². The predicted molar refractivity (Wildman–Crippen MR) is 67.1 cm³/mol. The number of carbonyl (C=O) groups excluding carboxylic acids is 1. The van der Waals surface area contributed by atoms with E-state index in [1.807, 2.05) is 24.3 Å². The average Bonchev–Trinajstić information content (AvgIpc) is 2.82. The van der Waals surface area contributed by atoms with E-state index in [2.05, 4.69) is 5.32 Å². The number of carbonyl (C=O) groups is 1. The Morgan fingerprint density at radius 1 is 1.53 bits per heavy atom. The van der Waals surface area contributed by atoms with Gasteiger partial charge in [0.1, 0.15) is 6.10 Å². The summed E-state index contributed by atoms with van der Waals surface area (Å²) in [5, 5.41) is 3.62. The van der Waals surface area contributed by atoms with E-state index in [4.69, 9.17) is 16.3 Å². The fourth-order valence-electron chi connectivity index (χ4n) is 1.92. The largest absolute Gasteiger partial charge is 0.368 e. The van der Waals surface area contributed by atoms with Crippen LogP contribution in [0, 0.1) is 0 Å². The Labute approximate surface area is 106 Å². The first-order valence-corrected chi connectivity index (χ1v) is 6.27. The molecule has 0 saturated carbocycles. The number of halogens is 1. The fourth-order valence-corrected chi connectivity index (χ4v) is 2.13. The zero-order valence-electron chi connectivity index (χ0n) is 9.62. The standard InChI is InChI=1S/C13H16ClNO2/c14-11-4-1-3-10(9-11)6-7-15-13(16)12-5-2-8-17-12/h1,3-4,9,12H,2,5-8H2,(H,15,16)/t12-/m0/s1. The van der Waals surface area contributed by atoms with Gasteiger partial charge in [0.25, 0.3) is 0 Å². The molecular formula is C13H16ClNO2. The van der Waals surface area contributed by atoms with Crippen molar-refractivity contribution in [1.29, 1.82) is 0 Å². The molecule has 1 aromatic rings. The van der Waals surface area contributed by atoms with Gasteiger partial charge in [-0.15, -0.1) is 0 Å². The second-order valence-corrected chi connectivity index (χ2v) is 4.61. The molecule has 1 fully saturated rings. The summed E-state index contributed by atoms with van der Waals surface area (Å²) in [6, 6.07) is 7.68. The lowest BCUT2D eigenvalue weighted by Gasteiger charge is -2.10. The number of hydrogen-bond acceptors (Lipinski definition) is 2. The molecule has 1 heterocycles. The normalized spacial score (nSPS) is 19.2. The van der Waals surface area contributed by atoms with E-state index in [0.717, 1.165) is 29.8 Å². The highest BCUT2D eigenvalue weighted by Crippen LogP contribution is 2.12. The lowest BCUT2D eigenvalue weighted by Crippen LogP contribution is -2.35. The van der Waals surface area contributed by atoms with Gasteiger partial charge in [-0.05, 0) is 37.0 Å². The summed E-state index contributed by atoms with van der Waals surface area (Å²) in [5.74, 6) is 0.00419. The zero-order chi connectivity index (χ0) is 12.1. The number of ether oxygens (including phenoxy) is 1. The van der Waals surface area contributed by atoms with Crippen molar-refractivity contribution in [2.45, 2.75) is 25.4 Å². The summed E-state index contributed by atoms with van der Waals surface area (Å²) in [7, 11) is 0. The molecule has 1 amide bonds. The maximum Gasteiger partial charge on any atom is 0.249 e. The molecule has 17 heavy (non-hydrogen) atoms. The van der Waals surface area contributed by atoms with E-state index >= 15 is 0 Å². The Morgan fingerprint density at radius 2 is 2.41 bits per heavy atom. The van der Waals surface area contributed by atoms with Gasteiger partial charge in [-0.3, -0.25) is 4.79 Å². The van der Waals surface area contributed by atoms with Crippen LogP contribution < -0.4 is 5.32 Å². The van der Waals surface area contributed by atoms with E-state index in [-0.39, 0.29) is 12.0 Å². The highest BCUT2D eigenvalue weighted by Gasteiger charge is 2.22. The Balaban J connectivity index is 1.73. The number of hydrogen-bond donors (Lipinski definition) is 1. The lowest BCUT2D eigenvalue weighted by atomic mass is 10.1. The monoisotopic (exact) mass is 253 g/mol. The number of benzene rings is 1. The van der Waals surface area contributed by atoms with Crippen LogP contribution in [0.15, 0.2) is 24.3 Å².